The lowest BCUT2D eigenvalue weighted by atomic mass is 10.1. The second kappa shape index (κ2) is 7.53. The van der Waals surface area contributed by atoms with E-state index in [0.29, 0.717) is 24.5 Å². The number of rotatable bonds is 6. The van der Waals surface area contributed by atoms with Crippen molar-refractivity contribution in [2.24, 2.45) is 0 Å². The molecule has 0 aromatic heterocycles. The predicted octanol–water partition coefficient (Wildman–Crippen LogP) is 3.46. The van der Waals surface area contributed by atoms with Crippen LogP contribution < -0.4 is 9.47 Å². The number of hydrogen-bond acceptors (Lipinski definition) is 4. The number of ketones is 1. The van der Waals surface area contributed by atoms with Crippen molar-refractivity contribution in [2.75, 3.05) is 34.4 Å². The minimum absolute atomic E-state index is 0.112. The highest BCUT2D eigenvalue weighted by atomic mass is 16.5. The molecule has 0 unspecified atom stereocenters. The van der Waals surface area contributed by atoms with Gasteiger partial charge in [-0.15, -0.1) is 0 Å². The van der Waals surface area contributed by atoms with Crippen LogP contribution in [0.25, 0.3) is 6.08 Å². The van der Waals surface area contributed by atoms with Crippen molar-refractivity contribution in [3.8, 4) is 11.5 Å². The number of ether oxygens (including phenoxy) is 2. The van der Waals surface area contributed by atoms with Crippen molar-refractivity contribution in [1.82, 2.24) is 4.90 Å². The van der Waals surface area contributed by atoms with E-state index in [1.165, 1.54) is 0 Å². The van der Waals surface area contributed by atoms with Gasteiger partial charge in [0.1, 0.15) is 6.61 Å². The summed E-state index contributed by atoms with van der Waals surface area (Å²) in [6, 6.07) is 13.5. The van der Waals surface area contributed by atoms with Crippen LogP contribution in [0, 0.1) is 0 Å². The van der Waals surface area contributed by atoms with Crippen LogP contribution in [-0.2, 0) is 6.42 Å². The first-order valence-electron chi connectivity index (χ1n) is 8.37. The van der Waals surface area contributed by atoms with Gasteiger partial charge in [-0.25, -0.2) is 0 Å². The third-order valence-corrected chi connectivity index (χ3v) is 4.26. The second-order valence-electron chi connectivity index (χ2n) is 6.39. The van der Waals surface area contributed by atoms with Crippen molar-refractivity contribution in [1.29, 1.82) is 0 Å². The third kappa shape index (κ3) is 3.91. The zero-order valence-electron chi connectivity index (χ0n) is 14.9. The number of hydrogen-bond donors (Lipinski definition) is 0. The molecule has 2 aromatic rings. The van der Waals surface area contributed by atoms with Gasteiger partial charge in [-0.1, -0.05) is 30.3 Å². The van der Waals surface area contributed by atoms with Crippen molar-refractivity contribution in [2.45, 2.75) is 6.42 Å². The van der Waals surface area contributed by atoms with Crippen LogP contribution in [0.1, 0.15) is 21.5 Å². The molecule has 0 bridgehead atoms. The van der Waals surface area contributed by atoms with Gasteiger partial charge < -0.3 is 14.4 Å². The van der Waals surface area contributed by atoms with Gasteiger partial charge in [0.15, 0.2) is 17.3 Å². The van der Waals surface area contributed by atoms with Crippen molar-refractivity contribution in [3.63, 3.8) is 0 Å². The maximum Gasteiger partial charge on any atom is 0.189 e. The molecule has 2 aromatic carbocycles. The van der Waals surface area contributed by atoms with E-state index in [9.17, 15) is 4.79 Å². The van der Waals surface area contributed by atoms with Crippen LogP contribution in [0.15, 0.2) is 48.0 Å². The number of nitrogens with zero attached hydrogens (tertiary/aromatic N) is 1. The van der Waals surface area contributed by atoms with Gasteiger partial charge in [0.2, 0.25) is 0 Å². The van der Waals surface area contributed by atoms with Crippen LogP contribution >= 0.6 is 0 Å². The standard InChI is InChI=1S/C21H23NO3/c1-22(2)10-11-25-19-9-8-15(13-20(19)24-3)12-17-14-16-6-4-5-7-18(16)21(17)23/h4-9,12-13H,10-11,14H2,1-3H3/b17-12+. The quantitative estimate of drug-likeness (QED) is 0.757. The summed E-state index contributed by atoms with van der Waals surface area (Å²) in [4.78, 5) is 14.6. The van der Waals surface area contributed by atoms with E-state index >= 15 is 0 Å². The number of carbonyl (C=O) groups excluding carboxylic acids is 1. The Morgan fingerprint density at radius 1 is 1.12 bits per heavy atom. The fourth-order valence-corrected chi connectivity index (χ4v) is 2.90. The zero-order chi connectivity index (χ0) is 17.8. The van der Waals surface area contributed by atoms with Crippen LogP contribution in [0.2, 0.25) is 0 Å². The maximum atomic E-state index is 12.5. The smallest absolute Gasteiger partial charge is 0.189 e. The highest BCUT2D eigenvalue weighted by Crippen LogP contribution is 2.31. The van der Waals surface area contributed by atoms with E-state index in [2.05, 4.69) is 4.90 Å². The number of carbonyl (C=O) groups is 1. The number of Topliss-reactive ketones (excluding diaryl/α,β-unsaturated/α-hetero) is 1. The lowest BCUT2D eigenvalue weighted by Gasteiger charge is -2.14. The number of likely N-dealkylation sites (N-methyl/N-ethyl adjacent to an activating group) is 1. The lowest BCUT2D eigenvalue weighted by molar-refractivity contribution is 0.104. The Kier molecular flexibility index (Phi) is 5.19. The molecule has 0 saturated carbocycles. The molecule has 4 nitrogen and oxygen atoms in total. The van der Waals surface area contributed by atoms with Gasteiger partial charge in [-0.2, -0.15) is 0 Å². The van der Waals surface area contributed by atoms with E-state index < -0.39 is 0 Å². The SMILES string of the molecule is COc1cc(/C=C2\Cc3ccccc3C2=O)ccc1OCCN(C)C. The summed E-state index contributed by atoms with van der Waals surface area (Å²) in [5.74, 6) is 1.50. The highest BCUT2D eigenvalue weighted by Gasteiger charge is 2.23. The monoisotopic (exact) mass is 337 g/mol. The molecule has 0 N–H and O–H groups in total. The summed E-state index contributed by atoms with van der Waals surface area (Å²) >= 11 is 0. The van der Waals surface area contributed by atoms with Crippen LogP contribution in [0.3, 0.4) is 0 Å². The molecule has 25 heavy (non-hydrogen) atoms. The Labute approximate surface area is 148 Å². The Bertz CT molecular complexity index is 809. The minimum atomic E-state index is 0.112. The fraction of sp³-hybridized carbons (Fsp3) is 0.286. The Hall–Kier alpha value is -2.59. The normalized spacial score (nSPS) is 14.9. The van der Waals surface area contributed by atoms with Crippen LogP contribution in [0.4, 0.5) is 0 Å². The average Bonchev–Trinajstić information content (AvgIpc) is 2.92. The molecule has 0 amide bonds. The molecule has 3 rings (SSSR count). The first-order valence-corrected chi connectivity index (χ1v) is 8.37. The average molecular weight is 337 g/mol. The third-order valence-electron chi connectivity index (χ3n) is 4.26. The summed E-state index contributed by atoms with van der Waals surface area (Å²) in [6.07, 6.45) is 2.62. The molecular weight excluding hydrogens is 314 g/mol. The molecule has 0 fully saturated rings. The van der Waals surface area contributed by atoms with Crippen LogP contribution in [0.5, 0.6) is 11.5 Å². The van der Waals surface area contributed by atoms with Crippen molar-refractivity contribution >= 4 is 11.9 Å². The molecule has 1 aliphatic carbocycles. The van der Waals surface area contributed by atoms with Gasteiger partial charge >= 0.3 is 0 Å². The highest BCUT2D eigenvalue weighted by molar-refractivity contribution is 6.15. The van der Waals surface area contributed by atoms with E-state index in [1.807, 2.05) is 62.6 Å². The molecule has 0 heterocycles. The largest absolute Gasteiger partial charge is 0.493 e. The predicted molar refractivity (Wildman–Crippen MR) is 99.5 cm³/mol. The topological polar surface area (TPSA) is 38.8 Å². The molecule has 130 valence electrons. The number of methoxy groups -OCH3 is 1. The molecular formula is C21H23NO3. The molecule has 0 spiro atoms. The van der Waals surface area contributed by atoms with Gasteiger partial charge in [-0.3, -0.25) is 4.79 Å². The second-order valence-corrected chi connectivity index (χ2v) is 6.39. The minimum Gasteiger partial charge on any atom is -0.493 e. The summed E-state index contributed by atoms with van der Waals surface area (Å²) in [5.41, 5.74) is 3.65. The van der Waals surface area contributed by atoms with Gasteiger partial charge in [0, 0.05) is 24.1 Å². The van der Waals surface area contributed by atoms with E-state index in [4.69, 9.17) is 9.47 Å². The molecule has 1 aliphatic rings. The number of allylic oxidation sites excluding steroid dienone is 1. The van der Waals surface area contributed by atoms with Crippen molar-refractivity contribution < 1.29 is 14.3 Å². The molecule has 0 saturated heterocycles. The molecule has 0 radical (unpaired) electrons. The van der Waals surface area contributed by atoms with E-state index in [1.54, 1.807) is 7.11 Å². The summed E-state index contributed by atoms with van der Waals surface area (Å²) in [6.45, 7) is 1.43. The summed E-state index contributed by atoms with van der Waals surface area (Å²) in [7, 11) is 5.64. The molecule has 0 atom stereocenters. The Morgan fingerprint density at radius 2 is 1.92 bits per heavy atom. The maximum absolute atomic E-state index is 12.5. The van der Waals surface area contributed by atoms with Crippen molar-refractivity contribution in [3.05, 3.63) is 64.7 Å². The summed E-state index contributed by atoms with van der Waals surface area (Å²) in [5, 5.41) is 0. The van der Waals surface area contributed by atoms with Gasteiger partial charge in [0.25, 0.3) is 0 Å². The van der Waals surface area contributed by atoms with Gasteiger partial charge in [-0.05, 0) is 43.4 Å². The Balaban J connectivity index is 1.79. The lowest BCUT2D eigenvalue weighted by Crippen LogP contribution is -2.19. The molecule has 0 aliphatic heterocycles. The molecule has 4 heteroatoms. The first-order chi connectivity index (χ1) is 12.1. The Morgan fingerprint density at radius 3 is 2.64 bits per heavy atom. The first kappa shape index (κ1) is 17.2. The van der Waals surface area contributed by atoms with E-state index in [-0.39, 0.29) is 5.78 Å². The van der Waals surface area contributed by atoms with E-state index in [0.717, 1.165) is 28.8 Å². The van der Waals surface area contributed by atoms with Crippen LogP contribution in [-0.4, -0.2) is 45.0 Å². The number of fused-ring (bicyclic) bond motifs is 1. The number of benzene rings is 2. The van der Waals surface area contributed by atoms with Gasteiger partial charge in [0.05, 0.1) is 7.11 Å². The zero-order valence-corrected chi connectivity index (χ0v) is 14.9. The summed E-state index contributed by atoms with van der Waals surface area (Å²) < 4.78 is 11.2. The fourth-order valence-electron chi connectivity index (χ4n) is 2.90.